The van der Waals surface area contributed by atoms with Crippen molar-refractivity contribution < 1.29 is 9.53 Å². The molecule has 1 aliphatic heterocycles. The van der Waals surface area contributed by atoms with Gasteiger partial charge in [-0.2, -0.15) is 0 Å². The van der Waals surface area contributed by atoms with Gasteiger partial charge in [0.25, 0.3) is 5.91 Å². The molecule has 0 bridgehead atoms. The van der Waals surface area contributed by atoms with E-state index in [2.05, 4.69) is 88.9 Å². The highest BCUT2D eigenvalue weighted by atomic mass is 16.5. The number of fused-ring (bicyclic) bond motifs is 1. The lowest BCUT2D eigenvalue weighted by Crippen LogP contribution is -2.39. The summed E-state index contributed by atoms with van der Waals surface area (Å²) in [6, 6.07) is 31.8. The molecule has 0 fully saturated rings. The zero-order valence-corrected chi connectivity index (χ0v) is 22.8. The zero-order valence-electron chi connectivity index (χ0n) is 22.8. The summed E-state index contributed by atoms with van der Waals surface area (Å²) in [7, 11) is 0. The summed E-state index contributed by atoms with van der Waals surface area (Å²) in [6.07, 6.45) is 3.49. The lowest BCUT2D eigenvalue weighted by atomic mass is 9.87. The van der Waals surface area contributed by atoms with Gasteiger partial charge in [0.1, 0.15) is 5.75 Å². The summed E-state index contributed by atoms with van der Waals surface area (Å²) in [5.41, 5.74) is 7.42. The fraction of sp³-hybridized carbons (Fsp3) is 0.294. The van der Waals surface area contributed by atoms with Crippen molar-refractivity contribution in [2.45, 2.75) is 51.8 Å². The third kappa shape index (κ3) is 6.73. The van der Waals surface area contributed by atoms with E-state index in [4.69, 9.17) is 4.74 Å². The number of hydrogen-bond acceptors (Lipinski definition) is 4. The van der Waals surface area contributed by atoms with Gasteiger partial charge < -0.3 is 10.1 Å². The summed E-state index contributed by atoms with van der Waals surface area (Å²) >= 11 is 0. The number of pyridine rings is 1. The average Bonchev–Trinajstić information content (AvgIpc) is 2.96. The Balaban J connectivity index is 1.34. The van der Waals surface area contributed by atoms with Crippen LogP contribution in [0.5, 0.6) is 5.75 Å². The van der Waals surface area contributed by atoms with Crippen LogP contribution >= 0.6 is 0 Å². The molecule has 1 aliphatic rings. The molecule has 3 aromatic carbocycles. The Morgan fingerprint density at radius 2 is 1.87 bits per heavy atom. The first-order valence-corrected chi connectivity index (χ1v) is 13.9. The molecule has 5 rings (SSSR count). The third-order valence-corrected chi connectivity index (χ3v) is 7.38. The molecule has 1 aromatic heterocycles. The first-order chi connectivity index (χ1) is 19.1. The molecule has 39 heavy (non-hydrogen) atoms. The summed E-state index contributed by atoms with van der Waals surface area (Å²) in [4.78, 5) is 19.8. The number of rotatable bonds is 10. The molecule has 4 aromatic rings. The first-order valence-electron chi connectivity index (χ1n) is 13.9. The number of amides is 1. The van der Waals surface area contributed by atoms with Crippen LogP contribution in [0.15, 0.2) is 97.2 Å². The topological polar surface area (TPSA) is 54.5 Å². The van der Waals surface area contributed by atoms with Crippen LogP contribution in [0.25, 0.3) is 0 Å². The van der Waals surface area contributed by atoms with Gasteiger partial charge in [-0.05, 0) is 66.3 Å². The fourth-order valence-electron chi connectivity index (χ4n) is 5.42. The fourth-order valence-corrected chi connectivity index (χ4v) is 5.42. The predicted octanol–water partition coefficient (Wildman–Crippen LogP) is 6.05. The van der Waals surface area contributed by atoms with Crippen LogP contribution in [-0.2, 0) is 24.2 Å². The molecule has 2 atom stereocenters. The van der Waals surface area contributed by atoms with Crippen LogP contribution in [0, 0.1) is 6.92 Å². The van der Waals surface area contributed by atoms with Crippen molar-refractivity contribution in [1.29, 1.82) is 0 Å². The molecule has 1 N–H and O–H groups in total. The molecule has 0 saturated carbocycles. The minimum Gasteiger partial charge on any atom is -0.481 e. The van der Waals surface area contributed by atoms with E-state index in [1.165, 1.54) is 27.8 Å². The second-order valence-corrected chi connectivity index (χ2v) is 10.3. The van der Waals surface area contributed by atoms with Crippen LogP contribution in [0.2, 0.25) is 0 Å². The zero-order chi connectivity index (χ0) is 27.0. The van der Waals surface area contributed by atoms with Gasteiger partial charge in [-0.15, -0.1) is 0 Å². The molecule has 0 aliphatic carbocycles. The smallest absolute Gasteiger partial charge is 0.261 e. The summed E-state index contributed by atoms with van der Waals surface area (Å²) in [6.45, 7) is 6.52. The second-order valence-electron chi connectivity index (χ2n) is 10.3. The normalized spacial score (nSPS) is 15.8. The minimum atomic E-state index is -0.547. The highest BCUT2D eigenvalue weighted by molar-refractivity contribution is 5.81. The molecule has 2 heterocycles. The number of carbonyl (C=O) groups is 1. The van der Waals surface area contributed by atoms with Gasteiger partial charge in [0.2, 0.25) is 0 Å². The standard InChI is InChI=1S/C34H37N3O2/c1-3-32(34(38)36-20-17-29-14-7-8-19-35-29)39-30-16-15-27-18-21-37(24-26-11-9-10-25(2)22-26)33(31(27)23-30)28-12-5-4-6-13-28/h4-16,19,22-23,32-33H,3,17-18,20-21,24H2,1-2H3,(H,36,38)/t32-,33+/m0/s1. The largest absolute Gasteiger partial charge is 0.481 e. The lowest BCUT2D eigenvalue weighted by Gasteiger charge is -2.38. The van der Waals surface area contributed by atoms with E-state index in [0.717, 1.165) is 31.0 Å². The number of nitrogens with zero attached hydrogens (tertiary/aromatic N) is 2. The first kappa shape index (κ1) is 26.6. The number of aromatic nitrogens is 1. The van der Waals surface area contributed by atoms with Crippen molar-refractivity contribution in [2.24, 2.45) is 0 Å². The maximum Gasteiger partial charge on any atom is 0.261 e. The van der Waals surface area contributed by atoms with E-state index >= 15 is 0 Å². The molecular formula is C34H37N3O2. The van der Waals surface area contributed by atoms with Gasteiger partial charge >= 0.3 is 0 Å². The van der Waals surface area contributed by atoms with E-state index in [1.807, 2.05) is 31.2 Å². The third-order valence-electron chi connectivity index (χ3n) is 7.38. The second kappa shape index (κ2) is 12.7. The number of carbonyl (C=O) groups excluding carboxylic acids is 1. The maximum atomic E-state index is 13.0. The van der Waals surface area contributed by atoms with E-state index in [1.54, 1.807) is 6.20 Å². The van der Waals surface area contributed by atoms with Crippen molar-refractivity contribution in [1.82, 2.24) is 15.2 Å². The van der Waals surface area contributed by atoms with Crippen molar-refractivity contribution in [3.8, 4) is 5.75 Å². The van der Waals surface area contributed by atoms with Gasteiger partial charge in [-0.1, -0.05) is 79.2 Å². The molecule has 1 amide bonds. The average molecular weight is 520 g/mol. The summed E-state index contributed by atoms with van der Waals surface area (Å²) in [5, 5.41) is 3.03. The van der Waals surface area contributed by atoms with Gasteiger partial charge in [0, 0.05) is 37.9 Å². The molecule has 0 saturated heterocycles. The van der Waals surface area contributed by atoms with Gasteiger partial charge in [-0.3, -0.25) is 14.7 Å². The molecule has 200 valence electrons. The van der Waals surface area contributed by atoms with Crippen LogP contribution in [-0.4, -0.2) is 35.0 Å². The minimum absolute atomic E-state index is 0.0909. The Kier molecular flexibility index (Phi) is 8.69. The number of nitrogens with one attached hydrogen (secondary N) is 1. The van der Waals surface area contributed by atoms with Gasteiger partial charge in [0.15, 0.2) is 6.10 Å². The Labute approximate surface area is 231 Å². The molecule has 5 nitrogen and oxygen atoms in total. The van der Waals surface area contributed by atoms with E-state index in [0.29, 0.717) is 19.4 Å². The van der Waals surface area contributed by atoms with Crippen molar-refractivity contribution >= 4 is 5.91 Å². The van der Waals surface area contributed by atoms with Crippen molar-refractivity contribution in [3.05, 3.63) is 131 Å². The van der Waals surface area contributed by atoms with Crippen LogP contribution in [0.3, 0.4) is 0 Å². The van der Waals surface area contributed by atoms with Crippen molar-refractivity contribution in [2.75, 3.05) is 13.1 Å². The lowest BCUT2D eigenvalue weighted by molar-refractivity contribution is -0.128. The van der Waals surface area contributed by atoms with E-state index in [-0.39, 0.29) is 11.9 Å². The maximum absolute atomic E-state index is 13.0. The highest BCUT2D eigenvalue weighted by Crippen LogP contribution is 2.38. The Morgan fingerprint density at radius 3 is 2.64 bits per heavy atom. The Morgan fingerprint density at radius 1 is 1.03 bits per heavy atom. The monoisotopic (exact) mass is 519 g/mol. The summed E-state index contributed by atoms with van der Waals surface area (Å²) < 4.78 is 6.30. The van der Waals surface area contributed by atoms with Crippen LogP contribution < -0.4 is 10.1 Å². The number of ether oxygens (including phenoxy) is 1. The SMILES string of the molecule is CC[C@H](Oc1ccc2c(c1)[C@@H](c1ccccc1)N(Cc1cccc(C)c1)CC2)C(=O)NCCc1ccccn1. The number of aryl methyl sites for hydroxylation is 1. The van der Waals surface area contributed by atoms with Gasteiger partial charge in [-0.25, -0.2) is 0 Å². The highest BCUT2D eigenvalue weighted by Gasteiger charge is 2.30. The van der Waals surface area contributed by atoms with Crippen molar-refractivity contribution in [3.63, 3.8) is 0 Å². The molecule has 0 spiro atoms. The number of benzene rings is 3. The molecule has 5 heteroatoms. The molecular weight excluding hydrogens is 482 g/mol. The van der Waals surface area contributed by atoms with E-state index < -0.39 is 6.10 Å². The Hall–Kier alpha value is -3.96. The van der Waals surface area contributed by atoms with Gasteiger partial charge in [0.05, 0.1) is 6.04 Å². The van der Waals surface area contributed by atoms with E-state index in [9.17, 15) is 4.79 Å². The summed E-state index contributed by atoms with van der Waals surface area (Å²) in [5.74, 6) is 0.644. The number of hydrogen-bond donors (Lipinski definition) is 1. The van der Waals surface area contributed by atoms with Crippen LogP contribution in [0.1, 0.15) is 52.9 Å². The van der Waals surface area contributed by atoms with Crippen LogP contribution in [0.4, 0.5) is 0 Å². The predicted molar refractivity (Wildman–Crippen MR) is 156 cm³/mol. The quantitative estimate of drug-likeness (QED) is 0.277. The molecule has 0 radical (unpaired) electrons. The Bertz CT molecular complexity index is 1370. The molecule has 0 unspecified atom stereocenters.